The molecule has 32 heavy (non-hydrogen) atoms. The third kappa shape index (κ3) is 4.99. The molecule has 6 heteroatoms. The molecule has 6 nitrogen and oxygen atoms in total. The molecule has 3 saturated heterocycles. The van der Waals surface area contributed by atoms with E-state index < -0.39 is 0 Å². The van der Waals surface area contributed by atoms with Crippen molar-refractivity contribution in [1.82, 2.24) is 14.7 Å². The standard InChI is InChI=1S/C26H45N3O3/c1-17(2)21-10-13-28(24(21)31)11-9-19(4)22-16-29(25(32)26(22,5)6)12-8-18(3)20-14-23(30)27(7)15-20/h17-22H,8-16H2,1-7H3. The van der Waals surface area contributed by atoms with E-state index in [1.54, 1.807) is 0 Å². The average Bonchev–Trinajstić information content (AvgIpc) is 3.33. The maximum absolute atomic E-state index is 13.2. The molecule has 0 bridgehead atoms. The summed E-state index contributed by atoms with van der Waals surface area (Å²) in [5, 5.41) is 0. The quantitative estimate of drug-likeness (QED) is 0.543. The molecule has 0 aromatic carbocycles. The van der Waals surface area contributed by atoms with E-state index in [2.05, 4.69) is 46.4 Å². The molecule has 3 heterocycles. The van der Waals surface area contributed by atoms with Gasteiger partial charge < -0.3 is 14.7 Å². The van der Waals surface area contributed by atoms with Gasteiger partial charge in [-0.25, -0.2) is 0 Å². The zero-order valence-electron chi connectivity index (χ0n) is 21.4. The lowest BCUT2D eigenvalue weighted by atomic mass is 9.73. The molecule has 0 aliphatic carbocycles. The highest BCUT2D eigenvalue weighted by molar-refractivity contribution is 5.84. The number of amides is 3. The highest BCUT2D eigenvalue weighted by Crippen LogP contribution is 2.42. The van der Waals surface area contributed by atoms with Crippen LogP contribution in [0.3, 0.4) is 0 Å². The van der Waals surface area contributed by atoms with Crippen molar-refractivity contribution in [1.29, 1.82) is 0 Å². The van der Waals surface area contributed by atoms with Gasteiger partial charge >= 0.3 is 0 Å². The Balaban J connectivity index is 1.51. The lowest BCUT2D eigenvalue weighted by Gasteiger charge is -2.30. The summed E-state index contributed by atoms with van der Waals surface area (Å²) >= 11 is 0. The Morgan fingerprint density at radius 3 is 2.12 bits per heavy atom. The Morgan fingerprint density at radius 2 is 1.56 bits per heavy atom. The molecule has 0 spiro atoms. The SMILES string of the molecule is CC(C)C1CCN(CCC(C)C2CN(CCC(C)C3CC(=O)N(C)C3)C(=O)C2(C)C)C1=O. The highest BCUT2D eigenvalue weighted by atomic mass is 16.2. The molecule has 3 fully saturated rings. The third-order valence-electron chi connectivity index (χ3n) is 8.90. The molecule has 5 unspecified atom stereocenters. The second kappa shape index (κ2) is 9.72. The zero-order valence-corrected chi connectivity index (χ0v) is 21.4. The van der Waals surface area contributed by atoms with E-state index in [1.165, 1.54) is 0 Å². The number of likely N-dealkylation sites (tertiary alicyclic amines) is 3. The van der Waals surface area contributed by atoms with Crippen molar-refractivity contribution < 1.29 is 14.4 Å². The van der Waals surface area contributed by atoms with Crippen molar-refractivity contribution in [2.24, 2.45) is 40.9 Å². The Morgan fingerprint density at radius 1 is 0.938 bits per heavy atom. The minimum Gasteiger partial charge on any atom is -0.345 e. The number of hydrogen-bond donors (Lipinski definition) is 0. The predicted molar refractivity (Wildman–Crippen MR) is 127 cm³/mol. The van der Waals surface area contributed by atoms with Gasteiger partial charge in [-0.15, -0.1) is 0 Å². The summed E-state index contributed by atoms with van der Waals surface area (Å²) in [5.41, 5.74) is -0.359. The van der Waals surface area contributed by atoms with Crippen LogP contribution in [0.5, 0.6) is 0 Å². The first kappa shape index (κ1) is 25.0. The van der Waals surface area contributed by atoms with E-state index in [-0.39, 0.29) is 23.1 Å². The van der Waals surface area contributed by atoms with E-state index in [0.717, 1.165) is 52.0 Å². The fourth-order valence-corrected chi connectivity index (χ4v) is 6.24. The van der Waals surface area contributed by atoms with E-state index >= 15 is 0 Å². The van der Waals surface area contributed by atoms with Crippen molar-refractivity contribution in [3.05, 3.63) is 0 Å². The Labute approximate surface area is 195 Å². The fraction of sp³-hybridized carbons (Fsp3) is 0.885. The maximum Gasteiger partial charge on any atom is 0.228 e. The molecule has 3 rings (SSSR count). The van der Waals surface area contributed by atoms with Gasteiger partial charge in [0.05, 0.1) is 0 Å². The van der Waals surface area contributed by atoms with Gasteiger partial charge in [-0.05, 0) is 48.9 Å². The summed E-state index contributed by atoms with van der Waals surface area (Å²) < 4.78 is 0. The highest BCUT2D eigenvalue weighted by Gasteiger charge is 2.49. The molecular weight excluding hydrogens is 402 g/mol. The van der Waals surface area contributed by atoms with Gasteiger partial charge in [-0.1, -0.05) is 41.5 Å². The Hall–Kier alpha value is -1.59. The second-order valence-electron chi connectivity index (χ2n) is 11.8. The van der Waals surface area contributed by atoms with Crippen LogP contribution in [0.25, 0.3) is 0 Å². The number of rotatable bonds is 9. The number of hydrogen-bond acceptors (Lipinski definition) is 3. The summed E-state index contributed by atoms with van der Waals surface area (Å²) in [4.78, 5) is 43.7. The van der Waals surface area contributed by atoms with Crippen LogP contribution in [0.15, 0.2) is 0 Å². The summed E-state index contributed by atoms with van der Waals surface area (Å²) in [6.45, 7) is 17.1. The topological polar surface area (TPSA) is 60.9 Å². The number of carbonyl (C=O) groups is 3. The van der Waals surface area contributed by atoms with E-state index in [4.69, 9.17) is 0 Å². The molecule has 0 aromatic rings. The monoisotopic (exact) mass is 447 g/mol. The van der Waals surface area contributed by atoms with Gasteiger partial charge in [0, 0.05) is 57.5 Å². The first-order chi connectivity index (χ1) is 14.9. The van der Waals surface area contributed by atoms with Crippen LogP contribution >= 0.6 is 0 Å². The van der Waals surface area contributed by atoms with Crippen LogP contribution in [0, 0.1) is 40.9 Å². The first-order valence-electron chi connectivity index (χ1n) is 12.8. The number of nitrogens with zero attached hydrogens (tertiary/aromatic N) is 3. The van der Waals surface area contributed by atoms with Crippen LogP contribution in [-0.4, -0.2) is 72.2 Å². The third-order valence-corrected chi connectivity index (χ3v) is 8.90. The van der Waals surface area contributed by atoms with E-state index in [0.29, 0.717) is 41.9 Å². The van der Waals surface area contributed by atoms with Crippen molar-refractivity contribution in [2.45, 2.75) is 67.2 Å². The molecule has 3 amide bonds. The van der Waals surface area contributed by atoms with E-state index in [9.17, 15) is 14.4 Å². The fourth-order valence-electron chi connectivity index (χ4n) is 6.24. The van der Waals surface area contributed by atoms with Crippen molar-refractivity contribution in [3.8, 4) is 0 Å². The summed E-state index contributed by atoms with van der Waals surface area (Å²) in [6, 6.07) is 0. The summed E-state index contributed by atoms with van der Waals surface area (Å²) in [7, 11) is 1.88. The molecule has 0 radical (unpaired) electrons. The molecule has 0 saturated carbocycles. The molecular formula is C26H45N3O3. The van der Waals surface area contributed by atoms with Crippen LogP contribution in [0.1, 0.15) is 67.2 Å². The van der Waals surface area contributed by atoms with Crippen molar-refractivity contribution in [3.63, 3.8) is 0 Å². The van der Waals surface area contributed by atoms with Gasteiger partial charge in [0.15, 0.2) is 0 Å². The molecule has 0 N–H and O–H groups in total. The second-order valence-corrected chi connectivity index (χ2v) is 11.8. The smallest absolute Gasteiger partial charge is 0.228 e. The lowest BCUT2D eigenvalue weighted by molar-refractivity contribution is -0.136. The molecule has 0 aromatic heterocycles. The van der Waals surface area contributed by atoms with Crippen LogP contribution in [0.4, 0.5) is 0 Å². The average molecular weight is 448 g/mol. The minimum atomic E-state index is -0.359. The first-order valence-corrected chi connectivity index (χ1v) is 12.8. The van der Waals surface area contributed by atoms with Crippen LogP contribution < -0.4 is 0 Å². The largest absolute Gasteiger partial charge is 0.345 e. The van der Waals surface area contributed by atoms with Gasteiger partial charge in [0.25, 0.3) is 0 Å². The Kier molecular flexibility index (Phi) is 7.61. The summed E-state index contributed by atoms with van der Waals surface area (Å²) in [5.74, 6) is 2.96. The molecule has 182 valence electrons. The van der Waals surface area contributed by atoms with E-state index in [1.807, 2.05) is 16.8 Å². The van der Waals surface area contributed by atoms with Gasteiger partial charge in [0.1, 0.15) is 0 Å². The number of carbonyl (C=O) groups excluding carboxylic acids is 3. The van der Waals surface area contributed by atoms with Crippen LogP contribution in [0.2, 0.25) is 0 Å². The lowest BCUT2D eigenvalue weighted by Crippen LogP contribution is -2.35. The molecule has 3 aliphatic heterocycles. The maximum atomic E-state index is 13.2. The van der Waals surface area contributed by atoms with Crippen molar-refractivity contribution >= 4 is 17.7 Å². The Bertz CT molecular complexity index is 719. The van der Waals surface area contributed by atoms with Gasteiger partial charge in [-0.2, -0.15) is 0 Å². The van der Waals surface area contributed by atoms with Crippen LogP contribution in [-0.2, 0) is 14.4 Å². The van der Waals surface area contributed by atoms with Gasteiger partial charge in [0.2, 0.25) is 17.7 Å². The zero-order chi connectivity index (χ0) is 23.8. The predicted octanol–water partition coefficient (Wildman–Crippen LogP) is 3.51. The van der Waals surface area contributed by atoms with Gasteiger partial charge in [-0.3, -0.25) is 14.4 Å². The molecule has 3 aliphatic rings. The normalized spacial score (nSPS) is 30.2. The minimum absolute atomic E-state index is 0.183. The van der Waals surface area contributed by atoms with Crippen molar-refractivity contribution in [2.75, 3.05) is 39.8 Å². The molecule has 5 atom stereocenters. The summed E-state index contributed by atoms with van der Waals surface area (Å²) in [6.07, 6.45) is 3.53.